The first-order chi connectivity index (χ1) is 17.6. The highest BCUT2D eigenvalue weighted by Crippen LogP contribution is 2.20. The highest BCUT2D eigenvalue weighted by molar-refractivity contribution is 5.97. The number of hydrogen-bond acceptors (Lipinski definition) is 9. The molecule has 0 spiro atoms. The predicted molar refractivity (Wildman–Crippen MR) is 139 cm³/mol. The average molecular weight is 510 g/mol. The maximum Gasteiger partial charge on any atom is 0.410 e. The number of amides is 3. The molecule has 1 saturated heterocycles. The SMILES string of the molecule is CNc1ncnc2c1ccn2C(=O)NCC(=O)Nc1ccc(N2CCN(C(=O)OC(C)(C)C)CC2)cn1. The Labute approximate surface area is 214 Å². The molecule has 13 nitrogen and oxygen atoms in total. The molecule has 4 heterocycles. The van der Waals surface area contributed by atoms with Gasteiger partial charge in [-0.05, 0) is 39.0 Å². The first kappa shape index (κ1) is 25.7. The Hall–Kier alpha value is -4.42. The number of piperazine rings is 1. The number of nitrogens with one attached hydrogen (secondary N) is 3. The van der Waals surface area contributed by atoms with E-state index in [0.717, 1.165) is 5.69 Å². The van der Waals surface area contributed by atoms with Crippen molar-refractivity contribution in [1.29, 1.82) is 0 Å². The predicted octanol–water partition coefficient (Wildman–Crippen LogP) is 2.12. The number of fused-ring (bicyclic) bond motifs is 1. The van der Waals surface area contributed by atoms with Crippen molar-refractivity contribution in [1.82, 2.24) is 29.7 Å². The molecule has 0 bridgehead atoms. The third kappa shape index (κ3) is 6.23. The minimum atomic E-state index is -0.525. The monoisotopic (exact) mass is 509 g/mol. The van der Waals surface area contributed by atoms with Crippen LogP contribution >= 0.6 is 0 Å². The Balaban J connectivity index is 1.26. The van der Waals surface area contributed by atoms with Gasteiger partial charge in [-0.2, -0.15) is 0 Å². The van der Waals surface area contributed by atoms with Crippen molar-refractivity contribution < 1.29 is 19.1 Å². The number of carbonyl (C=O) groups is 3. The second-order valence-corrected chi connectivity index (χ2v) is 9.46. The van der Waals surface area contributed by atoms with Gasteiger partial charge in [0.25, 0.3) is 0 Å². The van der Waals surface area contributed by atoms with Crippen molar-refractivity contribution in [2.45, 2.75) is 26.4 Å². The normalized spacial score (nSPS) is 13.8. The quantitative estimate of drug-likeness (QED) is 0.470. The first-order valence-corrected chi connectivity index (χ1v) is 11.9. The van der Waals surface area contributed by atoms with Gasteiger partial charge in [0.05, 0.1) is 23.8 Å². The lowest BCUT2D eigenvalue weighted by atomic mass is 10.2. The second kappa shape index (κ2) is 10.7. The fourth-order valence-corrected chi connectivity index (χ4v) is 3.86. The molecule has 3 N–H and O–H groups in total. The zero-order valence-corrected chi connectivity index (χ0v) is 21.3. The summed E-state index contributed by atoms with van der Waals surface area (Å²) < 4.78 is 6.76. The number of nitrogens with zero attached hydrogens (tertiary/aromatic N) is 6. The van der Waals surface area contributed by atoms with E-state index in [2.05, 4.69) is 35.8 Å². The summed E-state index contributed by atoms with van der Waals surface area (Å²) in [5.41, 5.74) is 0.794. The van der Waals surface area contributed by atoms with Crippen molar-refractivity contribution in [3.63, 3.8) is 0 Å². The highest BCUT2D eigenvalue weighted by Gasteiger charge is 2.26. The van der Waals surface area contributed by atoms with Crippen LogP contribution in [0.4, 0.5) is 26.9 Å². The number of anilines is 3. The van der Waals surface area contributed by atoms with Crippen molar-refractivity contribution in [3.05, 3.63) is 36.9 Å². The summed E-state index contributed by atoms with van der Waals surface area (Å²) in [5.74, 6) is 0.559. The molecular formula is C24H31N9O4. The molecule has 0 radical (unpaired) electrons. The van der Waals surface area contributed by atoms with Crippen molar-refractivity contribution in [2.75, 3.05) is 55.3 Å². The number of ether oxygens (including phenoxy) is 1. The first-order valence-electron chi connectivity index (χ1n) is 11.9. The van der Waals surface area contributed by atoms with Gasteiger partial charge in [-0.3, -0.25) is 9.36 Å². The van der Waals surface area contributed by atoms with Crippen molar-refractivity contribution in [3.8, 4) is 0 Å². The molecule has 3 aromatic rings. The zero-order chi connectivity index (χ0) is 26.6. The topological polar surface area (TPSA) is 147 Å². The molecule has 3 aromatic heterocycles. The van der Waals surface area contributed by atoms with Gasteiger partial charge in [0.2, 0.25) is 5.91 Å². The molecule has 0 atom stereocenters. The third-order valence-corrected chi connectivity index (χ3v) is 5.65. The van der Waals surface area contributed by atoms with Crippen LogP contribution in [-0.2, 0) is 9.53 Å². The minimum absolute atomic E-state index is 0.238. The summed E-state index contributed by atoms with van der Waals surface area (Å²) >= 11 is 0. The van der Waals surface area contributed by atoms with Crippen LogP contribution in [0.25, 0.3) is 11.0 Å². The zero-order valence-electron chi connectivity index (χ0n) is 21.3. The summed E-state index contributed by atoms with van der Waals surface area (Å²) in [7, 11) is 1.73. The van der Waals surface area contributed by atoms with Crippen LogP contribution in [0.3, 0.4) is 0 Å². The average Bonchev–Trinajstić information content (AvgIpc) is 3.31. The summed E-state index contributed by atoms with van der Waals surface area (Å²) in [5, 5.41) is 8.89. The van der Waals surface area contributed by atoms with E-state index in [0.29, 0.717) is 48.8 Å². The Bertz CT molecular complexity index is 1280. The molecule has 3 amide bonds. The van der Waals surface area contributed by atoms with E-state index < -0.39 is 17.5 Å². The summed E-state index contributed by atoms with van der Waals surface area (Å²) in [6, 6.07) is 4.80. The molecule has 4 rings (SSSR count). The van der Waals surface area contributed by atoms with Gasteiger partial charge in [0, 0.05) is 39.4 Å². The fourth-order valence-electron chi connectivity index (χ4n) is 3.86. The van der Waals surface area contributed by atoms with Crippen LogP contribution < -0.4 is 20.9 Å². The van der Waals surface area contributed by atoms with Gasteiger partial charge >= 0.3 is 12.1 Å². The highest BCUT2D eigenvalue weighted by atomic mass is 16.6. The van der Waals surface area contributed by atoms with Gasteiger partial charge in [-0.1, -0.05) is 0 Å². The Kier molecular flexibility index (Phi) is 7.41. The molecule has 37 heavy (non-hydrogen) atoms. The molecule has 196 valence electrons. The van der Waals surface area contributed by atoms with Gasteiger partial charge in [0.1, 0.15) is 23.6 Å². The van der Waals surface area contributed by atoms with Gasteiger partial charge < -0.3 is 30.5 Å². The molecule has 13 heteroatoms. The van der Waals surface area contributed by atoms with E-state index in [-0.39, 0.29) is 12.6 Å². The maximum atomic E-state index is 12.6. The summed E-state index contributed by atoms with van der Waals surface area (Å²) in [4.78, 5) is 53.6. The van der Waals surface area contributed by atoms with E-state index >= 15 is 0 Å². The van der Waals surface area contributed by atoms with Crippen LogP contribution in [0.15, 0.2) is 36.9 Å². The molecular weight excluding hydrogens is 478 g/mol. The number of carbonyl (C=O) groups excluding carboxylic acids is 3. The molecule has 0 aliphatic carbocycles. The van der Waals surface area contributed by atoms with E-state index in [4.69, 9.17) is 4.74 Å². The van der Waals surface area contributed by atoms with Crippen LogP contribution in [0.5, 0.6) is 0 Å². The standard InChI is InChI=1S/C24H31N9O4/c1-24(2,3)37-23(36)32-11-9-31(10-12-32)16-5-6-18(26-13-16)30-19(34)14-27-22(35)33-8-7-17-20(25-4)28-15-29-21(17)33/h5-8,13,15H,9-12,14H2,1-4H3,(H,27,35)(H,25,28,29)(H,26,30,34). The maximum absolute atomic E-state index is 12.6. The van der Waals surface area contributed by atoms with Gasteiger partial charge in [-0.15, -0.1) is 0 Å². The minimum Gasteiger partial charge on any atom is -0.444 e. The molecule has 1 fully saturated rings. The lowest BCUT2D eigenvalue weighted by Gasteiger charge is -2.36. The number of hydrogen-bond donors (Lipinski definition) is 3. The Morgan fingerprint density at radius 2 is 1.78 bits per heavy atom. The van der Waals surface area contributed by atoms with Crippen molar-refractivity contribution >= 4 is 46.4 Å². The second-order valence-electron chi connectivity index (χ2n) is 9.46. The van der Waals surface area contributed by atoms with E-state index in [1.807, 2.05) is 26.8 Å². The molecule has 0 saturated carbocycles. The largest absolute Gasteiger partial charge is 0.444 e. The number of pyridine rings is 1. The Morgan fingerprint density at radius 1 is 1.03 bits per heavy atom. The van der Waals surface area contributed by atoms with Gasteiger partial charge in [0.15, 0.2) is 5.65 Å². The van der Waals surface area contributed by atoms with Crippen LogP contribution in [0.1, 0.15) is 20.8 Å². The molecule has 0 aromatic carbocycles. The Morgan fingerprint density at radius 3 is 2.43 bits per heavy atom. The smallest absolute Gasteiger partial charge is 0.410 e. The third-order valence-electron chi connectivity index (χ3n) is 5.65. The number of aromatic nitrogens is 4. The summed E-state index contributed by atoms with van der Waals surface area (Å²) in [6.07, 6.45) is 4.29. The van der Waals surface area contributed by atoms with E-state index in [9.17, 15) is 14.4 Å². The van der Waals surface area contributed by atoms with Crippen LogP contribution in [-0.4, -0.2) is 87.8 Å². The number of rotatable bonds is 5. The summed E-state index contributed by atoms with van der Waals surface area (Å²) in [6.45, 7) is 7.69. The van der Waals surface area contributed by atoms with E-state index in [1.165, 1.54) is 10.9 Å². The van der Waals surface area contributed by atoms with Crippen molar-refractivity contribution in [2.24, 2.45) is 0 Å². The lowest BCUT2D eigenvalue weighted by molar-refractivity contribution is -0.115. The van der Waals surface area contributed by atoms with Crippen LogP contribution in [0.2, 0.25) is 0 Å². The molecule has 0 unspecified atom stereocenters. The van der Waals surface area contributed by atoms with E-state index in [1.54, 1.807) is 36.5 Å². The fraction of sp³-hybridized carbons (Fsp3) is 0.417. The lowest BCUT2D eigenvalue weighted by Crippen LogP contribution is -2.50. The molecule has 1 aliphatic heterocycles. The molecule has 1 aliphatic rings. The van der Waals surface area contributed by atoms with Gasteiger partial charge in [-0.25, -0.2) is 24.5 Å². The van der Waals surface area contributed by atoms with Crippen LogP contribution in [0, 0.1) is 0 Å².